The molecule has 2 N–H and O–H groups in total. The van der Waals surface area contributed by atoms with Gasteiger partial charge >= 0.3 is 0 Å². The molecular weight excluding hydrogens is 288 g/mol. The van der Waals surface area contributed by atoms with Crippen LogP contribution in [0.25, 0.3) is 0 Å². The summed E-state index contributed by atoms with van der Waals surface area (Å²) in [5.41, 5.74) is 2.57. The number of phenolic OH excluding ortho intramolecular Hbond substituents is 2. The fraction of sp³-hybridized carbons (Fsp3) is 0.368. The van der Waals surface area contributed by atoms with E-state index in [4.69, 9.17) is 0 Å². The number of benzene rings is 2. The normalized spacial score (nSPS) is 12.4. The van der Waals surface area contributed by atoms with Gasteiger partial charge in [0, 0.05) is 0 Å². The Morgan fingerprint density at radius 3 is 1.64 bits per heavy atom. The number of aromatic hydroxyl groups is 2. The highest BCUT2D eigenvalue weighted by atomic mass is 28.3. The highest BCUT2D eigenvalue weighted by Gasteiger charge is 2.38. The van der Waals surface area contributed by atoms with Crippen molar-refractivity contribution in [3.05, 3.63) is 59.7 Å². The van der Waals surface area contributed by atoms with Crippen molar-refractivity contribution in [1.29, 1.82) is 0 Å². The molecule has 118 valence electrons. The molecule has 0 heterocycles. The molecule has 0 bridgehead atoms. The van der Waals surface area contributed by atoms with Gasteiger partial charge in [-0.25, -0.2) is 0 Å². The number of hydrogen-bond acceptors (Lipinski definition) is 2. The molecule has 2 aromatic rings. The molecule has 0 saturated heterocycles. The maximum absolute atomic E-state index is 9.42. The lowest BCUT2D eigenvalue weighted by molar-refractivity contribution is 0.474. The van der Waals surface area contributed by atoms with E-state index in [1.165, 1.54) is 11.1 Å². The van der Waals surface area contributed by atoms with E-state index in [-0.39, 0.29) is 5.04 Å². The fourth-order valence-corrected chi connectivity index (χ4v) is 5.14. The van der Waals surface area contributed by atoms with Crippen molar-refractivity contribution in [2.75, 3.05) is 0 Å². The fourth-order valence-electron chi connectivity index (χ4n) is 2.73. The molecule has 0 unspecified atom stereocenters. The Hall–Kier alpha value is -1.74. The second-order valence-electron chi connectivity index (χ2n) is 7.45. The monoisotopic (exact) mass is 314 g/mol. The lowest BCUT2D eigenvalue weighted by Gasteiger charge is -2.40. The quantitative estimate of drug-likeness (QED) is 0.770. The lowest BCUT2D eigenvalue weighted by Crippen LogP contribution is -2.43. The zero-order valence-corrected chi connectivity index (χ0v) is 14.9. The van der Waals surface area contributed by atoms with Crippen molar-refractivity contribution >= 4 is 8.07 Å². The van der Waals surface area contributed by atoms with Gasteiger partial charge in [-0.05, 0) is 47.3 Å². The van der Waals surface area contributed by atoms with E-state index in [0.717, 1.165) is 12.5 Å². The van der Waals surface area contributed by atoms with Crippen molar-refractivity contribution in [3.8, 4) is 11.5 Å². The smallest absolute Gasteiger partial charge is 0.115 e. The van der Waals surface area contributed by atoms with E-state index in [2.05, 4.69) is 26.9 Å². The Kier molecular flexibility index (Phi) is 4.66. The van der Waals surface area contributed by atoms with Gasteiger partial charge in [-0.2, -0.15) is 0 Å². The third-order valence-corrected chi connectivity index (χ3v) is 10.1. The van der Waals surface area contributed by atoms with Crippen LogP contribution in [-0.4, -0.2) is 18.3 Å². The maximum atomic E-state index is 9.42. The molecule has 0 aliphatic rings. The minimum Gasteiger partial charge on any atom is -0.508 e. The maximum Gasteiger partial charge on any atom is 0.115 e. The van der Waals surface area contributed by atoms with Gasteiger partial charge < -0.3 is 10.2 Å². The minimum absolute atomic E-state index is 0.238. The van der Waals surface area contributed by atoms with Gasteiger partial charge in [-0.1, -0.05) is 56.8 Å². The Bertz CT molecular complexity index is 555. The van der Waals surface area contributed by atoms with Crippen LogP contribution < -0.4 is 0 Å². The van der Waals surface area contributed by atoms with Gasteiger partial charge in [-0.3, -0.25) is 0 Å². The van der Waals surface area contributed by atoms with Crippen molar-refractivity contribution in [2.45, 2.75) is 44.4 Å². The molecule has 0 atom stereocenters. The Labute approximate surface area is 134 Å². The average Bonchev–Trinajstić information content (AvgIpc) is 2.43. The largest absolute Gasteiger partial charge is 0.508 e. The van der Waals surface area contributed by atoms with Gasteiger partial charge in [0.25, 0.3) is 0 Å². The molecule has 0 radical (unpaired) electrons. The van der Waals surface area contributed by atoms with Crippen LogP contribution >= 0.6 is 0 Å². The summed E-state index contributed by atoms with van der Waals surface area (Å²) in [4.78, 5) is 0. The second kappa shape index (κ2) is 6.17. The molecule has 0 fully saturated rings. The molecule has 22 heavy (non-hydrogen) atoms. The zero-order valence-electron chi connectivity index (χ0n) is 13.9. The standard InChI is InChI=1S/C19H26O2Si/c1-19(2,13-15-5-9-17(20)10-6-15)22(3,4)14-16-7-11-18(21)12-8-16/h5-12,20-21H,13-14H2,1-4H3. The third-order valence-electron chi connectivity index (χ3n) is 5.00. The van der Waals surface area contributed by atoms with Crippen LogP contribution in [0.4, 0.5) is 0 Å². The lowest BCUT2D eigenvalue weighted by atomic mass is 10.0. The van der Waals surface area contributed by atoms with E-state index < -0.39 is 8.07 Å². The molecule has 2 aromatic carbocycles. The van der Waals surface area contributed by atoms with Crippen LogP contribution in [-0.2, 0) is 12.5 Å². The highest BCUT2D eigenvalue weighted by molar-refractivity contribution is 6.79. The first-order valence-electron chi connectivity index (χ1n) is 7.75. The van der Waals surface area contributed by atoms with Crippen LogP contribution in [0.5, 0.6) is 11.5 Å². The number of hydrogen-bond donors (Lipinski definition) is 2. The number of rotatable bonds is 5. The van der Waals surface area contributed by atoms with E-state index in [9.17, 15) is 10.2 Å². The molecule has 0 spiro atoms. The van der Waals surface area contributed by atoms with Gasteiger partial charge in [0.1, 0.15) is 11.5 Å². The topological polar surface area (TPSA) is 40.5 Å². The second-order valence-corrected chi connectivity index (χ2v) is 12.9. The molecular formula is C19H26O2Si. The van der Waals surface area contributed by atoms with Crippen LogP contribution in [0, 0.1) is 0 Å². The summed E-state index contributed by atoms with van der Waals surface area (Å²) in [6.45, 7) is 9.57. The van der Waals surface area contributed by atoms with E-state index >= 15 is 0 Å². The summed E-state index contributed by atoms with van der Waals surface area (Å²) in [5.74, 6) is 0.647. The molecule has 2 nitrogen and oxygen atoms in total. The summed E-state index contributed by atoms with van der Waals surface area (Å²) in [5, 5.41) is 19.1. The molecule has 3 heteroatoms. The molecule has 0 aliphatic heterocycles. The Morgan fingerprint density at radius 1 is 0.773 bits per heavy atom. The van der Waals surface area contributed by atoms with Gasteiger partial charge in [0.05, 0.1) is 8.07 Å². The highest BCUT2D eigenvalue weighted by Crippen LogP contribution is 2.42. The molecule has 0 aliphatic carbocycles. The SMILES string of the molecule is CC(C)(Cc1ccc(O)cc1)[Si](C)(C)Cc1ccc(O)cc1. The first-order valence-corrected chi connectivity index (χ1v) is 11.0. The summed E-state index contributed by atoms with van der Waals surface area (Å²) in [7, 11) is -1.53. The third kappa shape index (κ3) is 3.92. The molecule has 0 saturated carbocycles. The summed E-state index contributed by atoms with van der Waals surface area (Å²) >= 11 is 0. The first-order chi connectivity index (χ1) is 10.2. The van der Waals surface area contributed by atoms with Crippen LogP contribution in [0.1, 0.15) is 25.0 Å². The van der Waals surface area contributed by atoms with Crippen molar-refractivity contribution < 1.29 is 10.2 Å². The van der Waals surface area contributed by atoms with E-state index in [1.807, 2.05) is 24.3 Å². The van der Waals surface area contributed by atoms with Gasteiger partial charge in [0.2, 0.25) is 0 Å². The Balaban J connectivity index is 2.14. The first kappa shape index (κ1) is 16.6. The van der Waals surface area contributed by atoms with Crippen molar-refractivity contribution in [2.24, 2.45) is 0 Å². The van der Waals surface area contributed by atoms with Crippen LogP contribution in [0.15, 0.2) is 48.5 Å². The van der Waals surface area contributed by atoms with E-state index in [1.54, 1.807) is 24.3 Å². The Morgan fingerprint density at radius 2 is 1.18 bits per heavy atom. The number of phenols is 2. The van der Waals surface area contributed by atoms with E-state index in [0.29, 0.717) is 11.5 Å². The van der Waals surface area contributed by atoms with Crippen molar-refractivity contribution in [3.63, 3.8) is 0 Å². The summed E-state index contributed by atoms with van der Waals surface area (Å²) in [6, 6.07) is 16.3. The molecule has 0 amide bonds. The van der Waals surface area contributed by atoms with Crippen molar-refractivity contribution in [1.82, 2.24) is 0 Å². The average molecular weight is 315 g/mol. The molecule has 2 rings (SSSR count). The summed E-state index contributed by atoms with van der Waals surface area (Å²) < 4.78 is 0. The van der Waals surface area contributed by atoms with Crippen LogP contribution in [0.3, 0.4) is 0 Å². The van der Waals surface area contributed by atoms with Crippen LogP contribution in [0.2, 0.25) is 18.1 Å². The van der Waals surface area contributed by atoms with Gasteiger partial charge in [0.15, 0.2) is 0 Å². The predicted molar refractivity (Wildman–Crippen MR) is 95.1 cm³/mol. The minimum atomic E-state index is -1.53. The van der Waals surface area contributed by atoms with Gasteiger partial charge in [-0.15, -0.1) is 0 Å². The molecule has 0 aromatic heterocycles. The summed E-state index contributed by atoms with van der Waals surface area (Å²) in [6.07, 6.45) is 1.02. The zero-order chi connectivity index (χ0) is 16.4. The predicted octanol–water partition coefficient (Wildman–Crippen LogP) is 4.91.